The zero-order valence-corrected chi connectivity index (χ0v) is 15.4. The molecule has 0 spiro atoms. The maximum Gasteiger partial charge on any atom is 0.304 e. The fourth-order valence-corrected chi connectivity index (χ4v) is 4.98. The van der Waals surface area contributed by atoms with Gasteiger partial charge in [-0.25, -0.2) is 0 Å². The number of carbonyl (C=O) groups excluding carboxylic acids is 1. The van der Waals surface area contributed by atoms with Crippen LogP contribution in [0.5, 0.6) is 0 Å². The van der Waals surface area contributed by atoms with Gasteiger partial charge in [0.15, 0.2) is 0 Å². The molecule has 0 saturated heterocycles. The Morgan fingerprint density at radius 2 is 1.78 bits per heavy atom. The molecule has 1 unspecified atom stereocenters. The van der Waals surface area contributed by atoms with Crippen molar-refractivity contribution < 1.29 is 14.7 Å². The Hall–Kier alpha value is -0.560. The van der Waals surface area contributed by atoms with Gasteiger partial charge in [-0.15, -0.1) is 23.2 Å². The third-order valence-corrected chi connectivity index (χ3v) is 6.92. The van der Waals surface area contributed by atoms with Crippen LogP contribution in [0.4, 0.5) is 0 Å². The Kier molecular flexibility index (Phi) is 6.54. The van der Waals surface area contributed by atoms with Crippen LogP contribution < -0.4 is 5.32 Å². The Balaban J connectivity index is 1.79. The first-order chi connectivity index (χ1) is 10.9. The Morgan fingerprint density at radius 1 is 1.17 bits per heavy atom. The van der Waals surface area contributed by atoms with Crippen molar-refractivity contribution in [3.63, 3.8) is 0 Å². The van der Waals surface area contributed by atoms with Crippen molar-refractivity contribution in [2.24, 2.45) is 0 Å². The molecule has 8 heteroatoms. The number of carbonyl (C=O) groups is 2. The highest BCUT2D eigenvalue weighted by atomic mass is 35.5. The number of halogens is 2. The lowest BCUT2D eigenvalue weighted by atomic mass is 9.95. The van der Waals surface area contributed by atoms with Gasteiger partial charge in [0, 0.05) is 24.5 Å². The second kappa shape index (κ2) is 8.01. The first-order valence-corrected chi connectivity index (χ1v) is 10.3. The van der Waals surface area contributed by atoms with Crippen LogP contribution in [0.25, 0.3) is 0 Å². The molecular weight excluding hydrogens is 377 g/mol. The van der Waals surface area contributed by atoms with E-state index in [2.05, 4.69) is 5.32 Å². The van der Waals surface area contributed by atoms with Crippen molar-refractivity contribution in [3.05, 3.63) is 35.9 Å². The summed E-state index contributed by atoms with van der Waals surface area (Å²) in [5.41, 5.74) is -0.0515. The van der Waals surface area contributed by atoms with E-state index in [4.69, 9.17) is 28.3 Å². The second-order valence-electron chi connectivity index (χ2n) is 5.20. The summed E-state index contributed by atoms with van der Waals surface area (Å²) in [6.07, 6.45) is 0.543. The normalized spacial score (nSPS) is 21.7. The van der Waals surface area contributed by atoms with Gasteiger partial charge in [0.1, 0.15) is 9.75 Å². The molecule has 0 bridgehead atoms. The molecule has 2 N–H and O–H groups in total. The number of hydrogen-bond donors (Lipinski definition) is 2. The van der Waals surface area contributed by atoms with Gasteiger partial charge in [0.25, 0.3) is 0 Å². The molecule has 1 amide bonds. The van der Waals surface area contributed by atoms with Crippen molar-refractivity contribution in [2.75, 3.05) is 18.1 Å². The van der Waals surface area contributed by atoms with E-state index in [9.17, 15) is 9.59 Å². The molecule has 126 valence electrons. The maximum absolute atomic E-state index is 12.5. The van der Waals surface area contributed by atoms with Crippen molar-refractivity contribution in [2.45, 2.75) is 22.6 Å². The minimum atomic E-state index is -1.07. The molecule has 1 saturated carbocycles. The van der Waals surface area contributed by atoms with Gasteiger partial charge in [-0.1, -0.05) is 51.9 Å². The first-order valence-electron chi connectivity index (χ1n) is 7.08. The van der Waals surface area contributed by atoms with E-state index >= 15 is 0 Å². The summed E-state index contributed by atoms with van der Waals surface area (Å²) < 4.78 is -1.07. The quantitative estimate of drug-likeness (QED) is 0.381. The Bertz CT molecular complexity index is 571. The van der Waals surface area contributed by atoms with Crippen molar-refractivity contribution in [3.8, 4) is 0 Å². The highest BCUT2D eigenvalue weighted by molar-refractivity contribution is 8.76. The summed E-state index contributed by atoms with van der Waals surface area (Å²) in [4.78, 5) is 22.9. The fourth-order valence-electron chi connectivity index (χ4n) is 2.31. The molecule has 1 atom stereocenters. The first kappa shape index (κ1) is 18.8. The number of benzene rings is 1. The topological polar surface area (TPSA) is 66.4 Å². The number of hydrogen-bond acceptors (Lipinski definition) is 4. The lowest BCUT2D eigenvalue weighted by molar-refractivity contribution is -0.136. The summed E-state index contributed by atoms with van der Waals surface area (Å²) >= 11 is 12.5. The van der Waals surface area contributed by atoms with Crippen LogP contribution in [-0.4, -0.2) is 39.4 Å². The minimum absolute atomic E-state index is 0.141. The summed E-state index contributed by atoms with van der Waals surface area (Å²) in [5, 5.41) is 11.4. The van der Waals surface area contributed by atoms with Gasteiger partial charge in [0.2, 0.25) is 5.91 Å². The number of nitrogens with one attached hydrogen (secondary N) is 1. The van der Waals surface area contributed by atoms with Crippen molar-refractivity contribution in [1.82, 2.24) is 5.32 Å². The largest absolute Gasteiger partial charge is 0.481 e. The van der Waals surface area contributed by atoms with Crippen LogP contribution in [0.3, 0.4) is 0 Å². The van der Waals surface area contributed by atoms with Gasteiger partial charge in [-0.05, 0) is 5.56 Å². The minimum Gasteiger partial charge on any atom is -0.481 e. The predicted octanol–water partition coefficient (Wildman–Crippen LogP) is 3.47. The van der Waals surface area contributed by atoms with E-state index in [0.717, 1.165) is 5.56 Å². The summed E-state index contributed by atoms with van der Waals surface area (Å²) in [6, 6.07) is 9.33. The van der Waals surface area contributed by atoms with E-state index in [1.807, 2.05) is 30.3 Å². The third-order valence-electron chi connectivity index (χ3n) is 3.59. The van der Waals surface area contributed by atoms with Crippen LogP contribution in [-0.2, 0) is 15.0 Å². The lowest BCUT2D eigenvalue weighted by Crippen LogP contribution is -2.39. The van der Waals surface area contributed by atoms with E-state index in [1.165, 1.54) is 21.6 Å². The van der Waals surface area contributed by atoms with Crippen LogP contribution in [0, 0.1) is 0 Å². The molecule has 1 aliphatic carbocycles. The van der Waals surface area contributed by atoms with Gasteiger partial charge in [0.05, 0.1) is 6.42 Å². The molecule has 23 heavy (non-hydrogen) atoms. The molecule has 1 fully saturated rings. The summed E-state index contributed by atoms with van der Waals surface area (Å²) in [5.74, 6) is 0.280. The highest BCUT2D eigenvalue weighted by Gasteiger charge is 2.72. The van der Waals surface area contributed by atoms with Crippen LogP contribution in [0.1, 0.15) is 18.4 Å². The van der Waals surface area contributed by atoms with Crippen molar-refractivity contribution >= 4 is 56.7 Å². The number of rotatable bonds is 9. The molecule has 0 aromatic heterocycles. The second-order valence-corrected chi connectivity index (χ2v) is 9.38. The molecular formula is C15H17Cl2NO3S2. The van der Waals surface area contributed by atoms with E-state index < -0.39 is 15.7 Å². The van der Waals surface area contributed by atoms with Crippen LogP contribution in [0.2, 0.25) is 0 Å². The molecule has 2 rings (SSSR count). The van der Waals surface area contributed by atoms with Gasteiger partial charge < -0.3 is 10.4 Å². The number of amides is 1. The Morgan fingerprint density at radius 3 is 2.35 bits per heavy atom. The number of alkyl halides is 2. The average Bonchev–Trinajstić information content (AvgIpc) is 3.11. The van der Waals surface area contributed by atoms with Gasteiger partial charge >= 0.3 is 5.97 Å². The van der Waals surface area contributed by atoms with Gasteiger partial charge in [-0.3, -0.25) is 9.59 Å². The lowest BCUT2D eigenvalue weighted by Gasteiger charge is -2.18. The van der Waals surface area contributed by atoms with Crippen molar-refractivity contribution in [1.29, 1.82) is 0 Å². The number of aliphatic carboxylic acids is 1. The predicted molar refractivity (Wildman–Crippen MR) is 97.4 cm³/mol. The number of carboxylic acids is 1. The third kappa shape index (κ3) is 4.50. The Labute approximate surface area is 153 Å². The zero-order chi connectivity index (χ0) is 16.9. The molecule has 1 aliphatic rings. The van der Waals surface area contributed by atoms with E-state index in [-0.39, 0.29) is 12.3 Å². The molecule has 1 aromatic rings. The fraction of sp³-hybridized carbons (Fsp3) is 0.467. The molecule has 0 aliphatic heterocycles. The molecule has 1 aromatic carbocycles. The van der Waals surface area contributed by atoms with Gasteiger partial charge in [-0.2, -0.15) is 0 Å². The summed E-state index contributed by atoms with van der Waals surface area (Å²) in [6.45, 7) is 0.488. The number of carboxylic acid groups (broad SMARTS) is 1. The zero-order valence-electron chi connectivity index (χ0n) is 12.3. The molecule has 0 heterocycles. The SMILES string of the molecule is O=C(O)CCSSCCNC(=O)C1(c2ccccc2)CC1(Cl)Cl. The summed E-state index contributed by atoms with van der Waals surface area (Å²) in [7, 11) is 3.02. The molecule has 0 radical (unpaired) electrons. The maximum atomic E-state index is 12.5. The van der Waals surface area contributed by atoms with E-state index in [1.54, 1.807) is 0 Å². The highest BCUT2D eigenvalue weighted by Crippen LogP contribution is 2.64. The smallest absolute Gasteiger partial charge is 0.304 e. The standard InChI is InChI=1S/C15H17Cl2NO3S2/c16-15(17)10-14(15,11-4-2-1-3-5-11)13(21)18-7-9-23-22-8-6-12(19)20/h1-5H,6-10H2,(H,18,21)(H,19,20). The monoisotopic (exact) mass is 393 g/mol. The molecule has 4 nitrogen and oxygen atoms in total. The average molecular weight is 394 g/mol. The van der Waals surface area contributed by atoms with E-state index in [0.29, 0.717) is 24.5 Å². The van der Waals surface area contributed by atoms with Crippen LogP contribution >= 0.6 is 44.8 Å². The van der Waals surface area contributed by atoms with Crippen LogP contribution in [0.15, 0.2) is 30.3 Å².